The molecule has 0 radical (unpaired) electrons. The number of rotatable bonds is 5. The fourth-order valence-electron chi connectivity index (χ4n) is 2.29. The molecule has 0 heterocycles. The highest BCUT2D eigenvalue weighted by atomic mass is 32.2. The van der Waals surface area contributed by atoms with Gasteiger partial charge < -0.3 is 10.2 Å². The number of hydrogen-bond donors (Lipinski definition) is 3. The van der Waals surface area contributed by atoms with Gasteiger partial charge in [-0.2, -0.15) is 8.42 Å². The number of carbonyl (C=O) groups is 1. The number of hydrogen-bond acceptors (Lipinski definition) is 4. The SMILES string of the molecule is CC(C)C(C)(O)C(C(=O)O)([N+](C)(C)C)S(=O)(=O)O. The number of likely N-dealkylation sites (N-methyl/N-ethyl adjacent to an activating group) is 1. The maximum atomic E-state index is 11.7. The van der Waals surface area contributed by atoms with Crippen LogP contribution in [0.3, 0.4) is 0 Å². The lowest BCUT2D eigenvalue weighted by Crippen LogP contribution is -2.77. The molecule has 0 saturated heterocycles. The van der Waals surface area contributed by atoms with Crippen LogP contribution in [0.25, 0.3) is 0 Å². The Morgan fingerprint density at radius 2 is 1.56 bits per heavy atom. The van der Waals surface area contributed by atoms with Crippen LogP contribution in [-0.2, 0) is 14.9 Å². The van der Waals surface area contributed by atoms with E-state index in [4.69, 9.17) is 0 Å². The number of carboxylic acid groups (broad SMARTS) is 1. The molecule has 0 aromatic heterocycles. The third kappa shape index (κ3) is 2.13. The molecule has 108 valence electrons. The first-order chi connectivity index (χ1) is 7.64. The molecular weight excluding hydrogens is 262 g/mol. The van der Waals surface area contributed by atoms with E-state index in [0.29, 0.717) is 0 Å². The molecule has 18 heavy (non-hydrogen) atoms. The van der Waals surface area contributed by atoms with Gasteiger partial charge in [0, 0.05) is 0 Å². The lowest BCUT2D eigenvalue weighted by molar-refractivity contribution is -0.906. The van der Waals surface area contributed by atoms with Crippen molar-refractivity contribution in [2.45, 2.75) is 31.2 Å². The monoisotopic (exact) mass is 284 g/mol. The van der Waals surface area contributed by atoms with Crippen LogP contribution in [0.5, 0.6) is 0 Å². The lowest BCUT2D eigenvalue weighted by Gasteiger charge is -2.49. The van der Waals surface area contributed by atoms with Gasteiger partial charge >= 0.3 is 21.0 Å². The summed E-state index contributed by atoms with van der Waals surface area (Å²) in [6.07, 6.45) is 0. The van der Waals surface area contributed by atoms with Gasteiger partial charge in [-0.15, -0.1) is 0 Å². The van der Waals surface area contributed by atoms with Crippen LogP contribution in [0.4, 0.5) is 0 Å². The fraction of sp³-hybridized carbons (Fsp3) is 0.900. The number of carboxylic acids is 1. The van der Waals surface area contributed by atoms with Gasteiger partial charge in [-0.1, -0.05) is 13.8 Å². The van der Waals surface area contributed by atoms with E-state index < -0.39 is 37.0 Å². The third-order valence-electron chi connectivity index (χ3n) is 3.42. The summed E-state index contributed by atoms with van der Waals surface area (Å²) in [5.74, 6) is -2.50. The Morgan fingerprint density at radius 3 is 1.61 bits per heavy atom. The Balaban J connectivity index is 6.63. The van der Waals surface area contributed by atoms with Crippen molar-refractivity contribution in [1.82, 2.24) is 0 Å². The molecule has 0 spiro atoms. The van der Waals surface area contributed by atoms with Gasteiger partial charge in [-0.25, -0.2) is 4.79 Å². The summed E-state index contributed by atoms with van der Waals surface area (Å²) in [5.41, 5.74) is -2.16. The van der Waals surface area contributed by atoms with Crippen molar-refractivity contribution >= 4 is 16.1 Å². The van der Waals surface area contributed by atoms with Crippen molar-refractivity contribution < 1.29 is 32.5 Å². The molecular formula is C10H22NO6S+. The maximum absolute atomic E-state index is 11.7. The third-order valence-corrected chi connectivity index (χ3v) is 5.30. The molecule has 2 unspecified atom stereocenters. The van der Waals surface area contributed by atoms with Crippen LogP contribution in [0.1, 0.15) is 20.8 Å². The summed E-state index contributed by atoms with van der Waals surface area (Å²) in [4.78, 5) is 8.78. The van der Waals surface area contributed by atoms with Gasteiger partial charge in [-0.3, -0.25) is 9.04 Å². The minimum absolute atomic E-state index is 0.674. The van der Waals surface area contributed by atoms with Gasteiger partial charge in [0.05, 0.1) is 21.1 Å². The molecule has 0 aliphatic carbocycles. The molecule has 0 amide bonds. The Morgan fingerprint density at radius 1 is 1.22 bits per heavy atom. The van der Waals surface area contributed by atoms with Crippen molar-refractivity contribution in [3.05, 3.63) is 0 Å². The first-order valence-corrected chi connectivity index (χ1v) is 6.82. The molecule has 0 aliphatic heterocycles. The van der Waals surface area contributed by atoms with E-state index in [-0.39, 0.29) is 0 Å². The summed E-state index contributed by atoms with van der Waals surface area (Å²) < 4.78 is 32.1. The van der Waals surface area contributed by atoms with Crippen LogP contribution >= 0.6 is 0 Å². The minimum Gasteiger partial charge on any atom is -0.476 e. The van der Waals surface area contributed by atoms with Crippen molar-refractivity contribution in [3.8, 4) is 0 Å². The second-order valence-corrected chi connectivity index (χ2v) is 7.28. The smallest absolute Gasteiger partial charge is 0.388 e. The predicted octanol–water partition coefficient (Wildman–Crippen LogP) is -0.232. The van der Waals surface area contributed by atoms with E-state index in [1.807, 2.05) is 0 Å². The number of aliphatic carboxylic acids is 1. The van der Waals surface area contributed by atoms with Gasteiger partial charge in [0.2, 0.25) is 0 Å². The van der Waals surface area contributed by atoms with E-state index in [2.05, 4.69) is 0 Å². The molecule has 0 aromatic rings. The zero-order valence-corrected chi connectivity index (χ0v) is 12.3. The van der Waals surface area contributed by atoms with Gasteiger partial charge in [0.25, 0.3) is 0 Å². The fourth-order valence-corrected chi connectivity index (χ4v) is 3.96. The van der Waals surface area contributed by atoms with E-state index in [0.717, 1.165) is 6.92 Å². The van der Waals surface area contributed by atoms with Crippen molar-refractivity contribution in [1.29, 1.82) is 0 Å². The highest BCUT2D eigenvalue weighted by Gasteiger charge is 2.73. The summed E-state index contributed by atoms with van der Waals surface area (Å²) in [6, 6.07) is 0. The Kier molecular flexibility index (Phi) is 4.27. The van der Waals surface area contributed by atoms with Crippen LogP contribution < -0.4 is 0 Å². The largest absolute Gasteiger partial charge is 0.476 e. The molecule has 8 heteroatoms. The van der Waals surface area contributed by atoms with Gasteiger partial charge in [-0.05, 0) is 12.8 Å². The number of nitrogens with zero attached hydrogens (tertiary/aromatic N) is 1. The van der Waals surface area contributed by atoms with Crippen LogP contribution in [0, 0.1) is 5.92 Å². The van der Waals surface area contributed by atoms with Gasteiger partial charge in [0.15, 0.2) is 0 Å². The second-order valence-electron chi connectivity index (χ2n) is 5.74. The van der Waals surface area contributed by atoms with E-state index in [9.17, 15) is 28.0 Å². The van der Waals surface area contributed by atoms with Crippen molar-refractivity contribution in [3.63, 3.8) is 0 Å². The van der Waals surface area contributed by atoms with Crippen LogP contribution in [0.15, 0.2) is 0 Å². The molecule has 0 fully saturated rings. The predicted molar refractivity (Wildman–Crippen MR) is 65.4 cm³/mol. The van der Waals surface area contributed by atoms with Crippen molar-refractivity contribution in [2.24, 2.45) is 5.92 Å². The average Bonchev–Trinajstić information content (AvgIpc) is 1.95. The first-order valence-electron chi connectivity index (χ1n) is 5.38. The zero-order valence-electron chi connectivity index (χ0n) is 11.5. The second kappa shape index (κ2) is 4.44. The Labute approximate surface area is 107 Å². The summed E-state index contributed by atoms with van der Waals surface area (Å²) >= 11 is 0. The molecule has 0 bridgehead atoms. The Hall–Kier alpha value is -0.700. The molecule has 7 nitrogen and oxygen atoms in total. The minimum atomic E-state index is -5.06. The van der Waals surface area contributed by atoms with Gasteiger partial charge in [0.1, 0.15) is 5.60 Å². The zero-order chi connectivity index (χ0) is 15.2. The van der Waals surface area contributed by atoms with Crippen molar-refractivity contribution in [2.75, 3.05) is 21.1 Å². The molecule has 2 atom stereocenters. The maximum Gasteiger partial charge on any atom is 0.388 e. The molecule has 0 saturated carbocycles. The number of aliphatic hydroxyl groups is 1. The van der Waals surface area contributed by atoms with Crippen LogP contribution in [0.2, 0.25) is 0 Å². The molecule has 0 rings (SSSR count). The summed E-state index contributed by atoms with van der Waals surface area (Å²) in [6.45, 7) is 4.07. The lowest BCUT2D eigenvalue weighted by atomic mass is 9.82. The average molecular weight is 284 g/mol. The summed E-state index contributed by atoms with van der Waals surface area (Å²) in [7, 11) is -1.19. The molecule has 0 aliphatic rings. The molecule has 0 aromatic carbocycles. The normalized spacial score (nSPS) is 20.3. The molecule has 3 N–H and O–H groups in total. The highest BCUT2D eigenvalue weighted by molar-refractivity contribution is 7.88. The quantitative estimate of drug-likeness (QED) is 0.475. The summed E-state index contributed by atoms with van der Waals surface area (Å²) in [5, 5.41) is 19.8. The highest BCUT2D eigenvalue weighted by Crippen LogP contribution is 2.41. The van der Waals surface area contributed by atoms with E-state index in [1.54, 1.807) is 0 Å². The number of quaternary nitrogens is 1. The Bertz CT molecular complexity index is 434. The first kappa shape index (κ1) is 17.3. The topological polar surface area (TPSA) is 112 Å². The standard InChI is InChI=1S/C10H21NO6S/c1-7(2)9(3,14)10(8(12)13,11(4,5)6)18(15,16)17/h7,14H,1-6H3,(H-,12,13,15,16,17)/p+1. The van der Waals surface area contributed by atoms with Crippen LogP contribution in [-0.4, -0.2) is 65.3 Å². The van der Waals surface area contributed by atoms with E-state index >= 15 is 0 Å². The van der Waals surface area contributed by atoms with E-state index in [1.165, 1.54) is 35.0 Å².